The number of hydrogen-bond acceptors (Lipinski definition) is 4. The number of nitrogens with zero attached hydrogens (tertiary/aromatic N) is 2. The first-order chi connectivity index (χ1) is 11.5. The molecule has 7 heteroatoms. The minimum absolute atomic E-state index is 0.0664. The number of amides is 1. The first-order valence-corrected chi connectivity index (χ1v) is 6.97. The number of hydrogen-bond donors (Lipinski definition) is 2. The van der Waals surface area contributed by atoms with Crippen LogP contribution in [0, 0.1) is 11.8 Å². The van der Waals surface area contributed by atoms with Crippen molar-refractivity contribution in [2.75, 3.05) is 11.1 Å². The summed E-state index contributed by atoms with van der Waals surface area (Å²) in [4.78, 5) is 19.6. The van der Waals surface area contributed by atoms with Gasteiger partial charge in [-0.3, -0.25) is 9.78 Å². The van der Waals surface area contributed by atoms with E-state index in [1.165, 1.54) is 18.5 Å². The highest BCUT2D eigenvalue weighted by atomic mass is 19.1. The van der Waals surface area contributed by atoms with Crippen LogP contribution in [-0.4, -0.2) is 15.9 Å². The Bertz CT molecular complexity index is 897. The van der Waals surface area contributed by atoms with Crippen molar-refractivity contribution in [2.24, 2.45) is 0 Å². The number of nitrogens with one attached hydrogen (secondary N) is 1. The molecule has 3 rings (SSSR count). The zero-order valence-corrected chi connectivity index (χ0v) is 12.3. The summed E-state index contributed by atoms with van der Waals surface area (Å²) in [6.07, 6.45) is 2.58. The molecule has 3 N–H and O–H groups in total. The van der Waals surface area contributed by atoms with E-state index in [-0.39, 0.29) is 5.69 Å². The van der Waals surface area contributed by atoms with Crippen molar-refractivity contribution in [2.45, 2.75) is 0 Å². The number of anilines is 2. The van der Waals surface area contributed by atoms with Crippen LogP contribution in [0.5, 0.6) is 0 Å². The van der Waals surface area contributed by atoms with E-state index in [1.54, 1.807) is 24.3 Å². The molecule has 0 aliphatic heterocycles. The fraction of sp³-hybridized carbons (Fsp3) is 0. The lowest BCUT2D eigenvalue weighted by Gasteiger charge is -2.10. The van der Waals surface area contributed by atoms with E-state index in [0.717, 1.165) is 12.1 Å². The lowest BCUT2D eigenvalue weighted by molar-refractivity contribution is 0.102. The number of carbonyl (C=O) groups is 1. The molecule has 0 fully saturated rings. The van der Waals surface area contributed by atoms with Crippen LogP contribution in [0.4, 0.5) is 20.2 Å². The second-order valence-electron chi connectivity index (χ2n) is 4.99. The zero-order valence-electron chi connectivity index (χ0n) is 12.3. The Morgan fingerprint density at radius 1 is 1.00 bits per heavy atom. The van der Waals surface area contributed by atoms with Crippen LogP contribution in [-0.2, 0) is 0 Å². The van der Waals surface area contributed by atoms with Gasteiger partial charge in [0, 0.05) is 24.0 Å². The van der Waals surface area contributed by atoms with Crippen molar-refractivity contribution in [3.8, 4) is 11.1 Å². The monoisotopic (exact) mass is 326 g/mol. The quantitative estimate of drug-likeness (QED) is 0.572. The van der Waals surface area contributed by atoms with Gasteiger partial charge in [-0.05, 0) is 35.9 Å². The van der Waals surface area contributed by atoms with Crippen LogP contribution in [0.15, 0.2) is 54.9 Å². The fourth-order valence-corrected chi connectivity index (χ4v) is 2.11. The molecule has 2 aromatic heterocycles. The SMILES string of the molecule is Nc1ccc(-c2ccc(F)nc2)cc1NC(=O)c1cc(F)ccn1. The summed E-state index contributed by atoms with van der Waals surface area (Å²) in [6, 6.07) is 9.93. The summed E-state index contributed by atoms with van der Waals surface area (Å²) in [6.45, 7) is 0. The summed E-state index contributed by atoms with van der Waals surface area (Å²) < 4.78 is 26.1. The number of halogens is 2. The Morgan fingerprint density at radius 3 is 2.50 bits per heavy atom. The maximum Gasteiger partial charge on any atom is 0.274 e. The van der Waals surface area contributed by atoms with Crippen LogP contribution in [0.2, 0.25) is 0 Å². The Labute approximate surface area is 136 Å². The molecule has 1 aromatic carbocycles. The third kappa shape index (κ3) is 3.35. The molecule has 0 radical (unpaired) electrons. The topological polar surface area (TPSA) is 80.9 Å². The first-order valence-electron chi connectivity index (χ1n) is 6.97. The molecule has 0 bridgehead atoms. The highest BCUT2D eigenvalue weighted by molar-refractivity contribution is 6.04. The van der Waals surface area contributed by atoms with E-state index in [4.69, 9.17) is 5.73 Å². The number of benzene rings is 1. The van der Waals surface area contributed by atoms with Gasteiger partial charge in [0.25, 0.3) is 5.91 Å². The fourth-order valence-electron chi connectivity index (χ4n) is 2.11. The van der Waals surface area contributed by atoms with Crippen LogP contribution in [0.1, 0.15) is 10.5 Å². The van der Waals surface area contributed by atoms with Gasteiger partial charge in [-0.2, -0.15) is 4.39 Å². The van der Waals surface area contributed by atoms with Gasteiger partial charge in [-0.15, -0.1) is 0 Å². The lowest BCUT2D eigenvalue weighted by Crippen LogP contribution is -2.15. The number of pyridine rings is 2. The second kappa shape index (κ2) is 6.41. The number of nitrogens with two attached hydrogens (primary N) is 1. The standard InChI is InChI=1S/C17H12F2N4O/c18-12-5-6-21-15(8-12)17(24)23-14-7-10(1-3-13(14)20)11-2-4-16(19)22-9-11/h1-9H,20H2,(H,23,24). The number of aromatic nitrogens is 2. The van der Waals surface area contributed by atoms with Crippen molar-refractivity contribution in [1.82, 2.24) is 9.97 Å². The van der Waals surface area contributed by atoms with Gasteiger partial charge in [0.05, 0.1) is 11.4 Å². The average molecular weight is 326 g/mol. The summed E-state index contributed by atoms with van der Waals surface area (Å²) in [5.41, 5.74) is 7.83. The van der Waals surface area contributed by atoms with E-state index < -0.39 is 17.7 Å². The zero-order chi connectivity index (χ0) is 17.1. The van der Waals surface area contributed by atoms with Crippen molar-refractivity contribution in [3.05, 3.63) is 72.3 Å². The largest absolute Gasteiger partial charge is 0.397 e. The van der Waals surface area contributed by atoms with E-state index in [1.807, 2.05) is 0 Å². The van der Waals surface area contributed by atoms with Crippen molar-refractivity contribution in [1.29, 1.82) is 0 Å². The molecule has 0 aliphatic rings. The van der Waals surface area contributed by atoms with E-state index >= 15 is 0 Å². The molecule has 2 heterocycles. The van der Waals surface area contributed by atoms with Crippen LogP contribution in [0.25, 0.3) is 11.1 Å². The first kappa shape index (κ1) is 15.5. The average Bonchev–Trinajstić information content (AvgIpc) is 2.57. The summed E-state index contributed by atoms with van der Waals surface area (Å²) >= 11 is 0. The van der Waals surface area contributed by atoms with Gasteiger partial charge < -0.3 is 11.1 Å². The van der Waals surface area contributed by atoms with E-state index in [2.05, 4.69) is 15.3 Å². The van der Waals surface area contributed by atoms with Crippen molar-refractivity contribution < 1.29 is 13.6 Å². The minimum atomic E-state index is -0.587. The Balaban J connectivity index is 1.89. The third-order valence-corrected chi connectivity index (χ3v) is 3.32. The maximum atomic E-state index is 13.2. The molecule has 5 nitrogen and oxygen atoms in total. The molecule has 3 aromatic rings. The van der Waals surface area contributed by atoms with Gasteiger partial charge in [-0.25, -0.2) is 9.37 Å². The number of carbonyl (C=O) groups excluding carboxylic acids is 1. The van der Waals surface area contributed by atoms with Crippen molar-refractivity contribution in [3.63, 3.8) is 0 Å². The minimum Gasteiger partial charge on any atom is -0.397 e. The van der Waals surface area contributed by atoms with E-state index in [0.29, 0.717) is 22.5 Å². The molecule has 0 saturated carbocycles. The normalized spacial score (nSPS) is 10.4. The molecule has 0 atom stereocenters. The second-order valence-corrected chi connectivity index (χ2v) is 4.99. The molecule has 0 saturated heterocycles. The van der Waals surface area contributed by atoms with Crippen LogP contribution >= 0.6 is 0 Å². The van der Waals surface area contributed by atoms with Gasteiger partial charge >= 0.3 is 0 Å². The van der Waals surface area contributed by atoms with Crippen LogP contribution in [0.3, 0.4) is 0 Å². The molecule has 0 aliphatic carbocycles. The number of rotatable bonds is 3. The number of nitrogen functional groups attached to an aromatic ring is 1. The van der Waals surface area contributed by atoms with Gasteiger partial charge in [0.1, 0.15) is 11.5 Å². The van der Waals surface area contributed by atoms with E-state index in [9.17, 15) is 13.6 Å². The Kier molecular flexibility index (Phi) is 4.15. The molecule has 0 unspecified atom stereocenters. The van der Waals surface area contributed by atoms with Crippen molar-refractivity contribution >= 4 is 17.3 Å². The third-order valence-electron chi connectivity index (χ3n) is 3.32. The highest BCUT2D eigenvalue weighted by Crippen LogP contribution is 2.27. The maximum absolute atomic E-state index is 13.2. The highest BCUT2D eigenvalue weighted by Gasteiger charge is 2.11. The molecule has 0 spiro atoms. The Hall–Kier alpha value is -3.35. The summed E-state index contributed by atoms with van der Waals surface area (Å²) in [5, 5.41) is 2.59. The van der Waals surface area contributed by atoms with Gasteiger partial charge in [-0.1, -0.05) is 6.07 Å². The summed E-state index contributed by atoms with van der Waals surface area (Å²) in [7, 11) is 0. The molecule has 120 valence electrons. The molecule has 1 amide bonds. The van der Waals surface area contributed by atoms with Gasteiger partial charge in [0.15, 0.2) is 0 Å². The van der Waals surface area contributed by atoms with Crippen LogP contribution < -0.4 is 11.1 Å². The summed E-state index contributed by atoms with van der Waals surface area (Å²) in [5.74, 6) is -1.73. The molecular formula is C17H12F2N4O. The van der Waals surface area contributed by atoms with Gasteiger partial charge in [0.2, 0.25) is 5.95 Å². The molecular weight excluding hydrogens is 314 g/mol. The lowest BCUT2D eigenvalue weighted by atomic mass is 10.1. The smallest absolute Gasteiger partial charge is 0.274 e. The molecule has 24 heavy (non-hydrogen) atoms. The Morgan fingerprint density at radius 2 is 1.79 bits per heavy atom. The predicted molar refractivity (Wildman–Crippen MR) is 86.2 cm³/mol. The predicted octanol–water partition coefficient (Wildman–Crippen LogP) is 3.26.